The molecule has 0 bridgehead atoms. The van der Waals surface area contributed by atoms with E-state index in [0.29, 0.717) is 0 Å². The van der Waals surface area contributed by atoms with Gasteiger partial charge in [-0.15, -0.1) is 11.3 Å². The van der Waals surface area contributed by atoms with Crippen LogP contribution in [0.3, 0.4) is 0 Å². The van der Waals surface area contributed by atoms with Gasteiger partial charge in [0.1, 0.15) is 0 Å². The third-order valence-electron chi connectivity index (χ3n) is 8.64. The molecule has 0 fully saturated rings. The molecule has 0 aliphatic heterocycles. The normalized spacial score (nSPS) is 11.9. The van der Waals surface area contributed by atoms with Crippen molar-refractivity contribution in [3.05, 3.63) is 146 Å². The quantitative estimate of drug-likeness (QED) is 0.193. The molecule has 0 radical (unpaired) electrons. The molecule has 0 unspecified atom stereocenters. The summed E-state index contributed by atoms with van der Waals surface area (Å²) >= 11 is 1.91. The van der Waals surface area contributed by atoms with Gasteiger partial charge in [0.05, 0.1) is 0 Å². The Morgan fingerprint density at radius 1 is 0.317 bits per heavy atom. The van der Waals surface area contributed by atoms with Gasteiger partial charge in [0.15, 0.2) is 0 Å². The van der Waals surface area contributed by atoms with E-state index in [1.165, 1.54) is 85.5 Å². The predicted octanol–water partition coefficient (Wildman–Crippen LogP) is 12.0. The van der Waals surface area contributed by atoms with Gasteiger partial charge in [0.25, 0.3) is 0 Å². The molecule has 1 aromatic heterocycles. The summed E-state index contributed by atoms with van der Waals surface area (Å²) in [6.45, 7) is 0. The number of hydrogen-bond acceptors (Lipinski definition) is 1. The fourth-order valence-electron chi connectivity index (χ4n) is 6.53. The number of thiophene rings is 1. The Labute approximate surface area is 241 Å². The van der Waals surface area contributed by atoms with E-state index in [-0.39, 0.29) is 0 Å². The van der Waals surface area contributed by atoms with Crippen molar-refractivity contribution in [2.24, 2.45) is 0 Å². The van der Waals surface area contributed by atoms with Crippen LogP contribution in [-0.4, -0.2) is 0 Å². The van der Waals surface area contributed by atoms with Gasteiger partial charge >= 0.3 is 0 Å². The number of fused-ring (bicyclic) bond motifs is 10. The first-order valence-corrected chi connectivity index (χ1v) is 14.9. The summed E-state index contributed by atoms with van der Waals surface area (Å²) in [5.41, 5.74) is 4.97. The number of rotatable bonds is 2. The average Bonchev–Trinajstić information content (AvgIpc) is 3.43. The van der Waals surface area contributed by atoms with Crippen molar-refractivity contribution in [3.63, 3.8) is 0 Å². The zero-order valence-electron chi connectivity index (χ0n) is 22.3. The van der Waals surface area contributed by atoms with Gasteiger partial charge in [-0.25, -0.2) is 0 Å². The van der Waals surface area contributed by atoms with E-state index in [2.05, 4.69) is 146 Å². The van der Waals surface area contributed by atoms with E-state index in [1.807, 2.05) is 11.3 Å². The predicted molar refractivity (Wildman–Crippen MR) is 180 cm³/mol. The molecule has 0 amide bonds. The highest BCUT2D eigenvalue weighted by molar-refractivity contribution is 7.26. The Balaban J connectivity index is 1.17. The Hall–Kier alpha value is -4.98. The zero-order chi connectivity index (χ0) is 26.9. The fraction of sp³-hybridized carbons (Fsp3) is 0. The molecule has 9 rings (SSSR count). The van der Waals surface area contributed by atoms with Gasteiger partial charge in [-0.2, -0.15) is 0 Å². The molecule has 0 atom stereocenters. The van der Waals surface area contributed by atoms with Crippen LogP contribution in [0.15, 0.2) is 146 Å². The van der Waals surface area contributed by atoms with E-state index in [0.717, 1.165) is 0 Å². The molecule has 9 aromatic rings. The SMILES string of the molecule is c1ccc2c(c1)ccc1ccc(-c3ccc(-c4ccc5ccc6ccc7c8ccccc8sc7c6c5c4)cc3)cc12. The fourth-order valence-corrected chi connectivity index (χ4v) is 7.81. The van der Waals surface area contributed by atoms with Crippen LogP contribution in [0.4, 0.5) is 0 Å². The van der Waals surface area contributed by atoms with Gasteiger partial charge in [-0.1, -0.05) is 127 Å². The minimum Gasteiger partial charge on any atom is -0.135 e. The van der Waals surface area contributed by atoms with E-state index in [4.69, 9.17) is 0 Å². The Morgan fingerprint density at radius 2 is 0.829 bits per heavy atom. The standard InChI is InChI=1S/C40H24S/c1-2-6-33-27(5-1)13-14-28-16-19-31(23-36(28)33)25-9-11-26(12-10-25)32-20-17-29-15-18-30-21-22-35-34-7-3-4-8-38(34)41-40(35)39(30)37(29)24-32/h1-24H. The topological polar surface area (TPSA) is 0 Å². The van der Waals surface area contributed by atoms with Gasteiger partial charge in [-0.05, 0) is 78.2 Å². The summed E-state index contributed by atoms with van der Waals surface area (Å²) in [4.78, 5) is 0. The molecule has 0 aliphatic carbocycles. The lowest BCUT2D eigenvalue weighted by atomic mass is 9.94. The monoisotopic (exact) mass is 536 g/mol. The molecule has 0 N–H and O–H groups in total. The minimum absolute atomic E-state index is 1.24. The molecular formula is C40H24S. The molecule has 0 aliphatic rings. The van der Waals surface area contributed by atoms with Crippen LogP contribution in [0.25, 0.3) is 85.5 Å². The lowest BCUT2D eigenvalue weighted by Gasteiger charge is -2.10. The third kappa shape index (κ3) is 3.53. The molecule has 0 nitrogen and oxygen atoms in total. The van der Waals surface area contributed by atoms with Crippen LogP contribution in [0.1, 0.15) is 0 Å². The summed E-state index contributed by atoms with van der Waals surface area (Å²) in [6.07, 6.45) is 0. The van der Waals surface area contributed by atoms with Crippen molar-refractivity contribution in [1.29, 1.82) is 0 Å². The Morgan fingerprint density at radius 3 is 1.59 bits per heavy atom. The molecule has 190 valence electrons. The second kappa shape index (κ2) is 8.76. The van der Waals surface area contributed by atoms with Crippen molar-refractivity contribution in [2.45, 2.75) is 0 Å². The van der Waals surface area contributed by atoms with Gasteiger partial charge in [0.2, 0.25) is 0 Å². The van der Waals surface area contributed by atoms with Crippen molar-refractivity contribution < 1.29 is 0 Å². The summed E-state index contributed by atoms with van der Waals surface area (Å²) in [5, 5.41) is 13.1. The zero-order valence-corrected chi connectivity index (χ0v) is 23.1. The van der Waals surface area contributed by atoms with Crippen LogP contribution in [0, 0.1) is 0 Å². The first kappa shape index (κ1) is 22.8. The molecule has 1 heteroatoms. The van der Waals surface area contributed by atoms with Crippen LogP contribution >= 0.6 is 11.3 Å². The third-order valence-corrected chi connectivity index (χ3v) is 9.85. The van der Waals surface area contributed by atoms with Crippen molar-refractivity contribution in [1.82, 2.24) is 0 Å². The molecule has 0 saturated heterocycles. The second-order valence-corrected chi connectivity index (χ2v) is 12.0. The molecule has 0 saturated carbocycles. The average molecular weight is 537 g/mol. The smallest absolute Gasteiger partial charge is 0.0440 e. The van der Waals surface area contributed by atoms with Crippen molar-refractivity contribution in [3.8, 4) is 22.3 Å². The molecule has 41 heavy (non-hydrogen) atoms. The van der Waals surface area contributed by atoms with Gasteiger partial charge in [-0.3, -0.25) is 0 Å². The summed E-state index contributed by atoms with van der Waals surface area (Å²) in [5.74, 6) is 0. The van der Waals surface area contributed by atoms with E-state index in [1.54, 1.807) is 0 Å². The Kier molecular flexibility index (Phi) is 4.87. The summed E-state index contributed by atoms with van der Waals surface area (Å²) in [6, 6.07) is 53.8. The molecular weight excluding hydrogens is 513 g/mol. The molecule has 1 heterocycles. The molecule has 0 spiro atoms. The van der Waals surface area contributed by atoms with Crippen molar-refractivity contribution in [2.75, 3.05) is 0 Å². The maximum absolute atomic E-state index is 2.39. The highest BCUT2D eigenvalue weighted by Gasteiger charge is 2.12. The highest BCUT2D eigenvalue weighted by atomic mass is 32.1. The van der Waals surface area contributed by atoms with Crippen LogP contribution < -0.4 is 0 Å². The maximum Gasteiger partial charge on any atom is 0.0440 e. The highest BCUT2D eigenvalue weighted by Crippen LogP contribution is 2.42. The van der Waals surface area contributed by atoms with Crippen LogP contribution in [0.5, 0.6) is 0 Å². The first-order chi connectivity index (χ1) is 20.3. The first-order valence-electron chi connectivity index (χ1n) is 14.1. The maximum atomic E-state index is 2.39. The minimum atomic E-state index is 1.24. The van der Waals surface area contributed by atoms with Crippen molar-refractivity contribution >= 4 is 74.6 Å². The number of benzene rings is 8. The number of hydrogen-bond donors (Lipinski definition) is 0. The van der Waals surface area contributed by atoms with Gasteiger partial charge < -0.3 is 0 Å². The lowest BCUT2D eigenvalue weighted by molar-refractivity contribution is 1.62. The summed E-state index contributed by atoms with van der Waals surface area (Å²) < 4.78 is 2.73. The largest absolute Gasteiger partial charge is 0.135 e. The summed E-state index contributed by atoms with van der Waals surface area (Å²) in [7, 11) is 0. The van der Waals surface area contributed by atoms with E-state index >= 15 is 0 Å². The van der Waals surface area contributed by atoms with E-state index < -0.39 is 0 Å². The Bertz CT molecular complexity index is 2460. The van der Waals surface area contributed by atoms with Crippen LogP contribution in [-0.2, 0) is 0 Å². The molecule has 8 aromatic carbocycles. The van der Waals surface area contributed by atoms with Gasteiger partial charge in [0, 0.05) is 25.6 Å². The van der Waals surface area contributed by atoms with E-state index in [9.17, 15) is 0 Å². The lowest BCUT2D eigenvalue weighted by Crippen LogP contribution is -1.84. The van der Waals surface area contributed by atoms with Crippen LogP contribution in [0.2, 0.25) is 0 Å². The second-order valence-electron chi connectivity index (χ2n) is 10.9.